The van der Waals surface area contributed by atoms with Crippen LogP contribution in [0.2, 0.25) is 5.02 Å². The summed E-state index contributed by atoms with van der Waals surface area (Å²) in [4.78, 5) is 9.41. The van der Waals surface area contributed by atoms with Crippen molar-refractivity contribution >= 4 is 28.2 Å². The predicted molar refractivity (Wildman–Crippen MR) is 96.6 cm³/mol. The highest BCUT2D eigenvalue weighted by atomic mass is 35.5. The van der Waals surface area contributed by atoms with Crippen molar-refractivity contribution in [3.05, 3.63) is 35.0 Å². The minimum atomic E-state index is 0.772. The molecule has 1 aliphatic rings. The van der Waals surface area contributed by atoms with E-state index in [2.05, 4.69) is 34.7 Å². The van der Waals surface area contributed by atoms with E-state index in [-0.39, 0.29) is 0 Å². The van der Waals surface area contributed by atoms with Gasteiger partial charge in [-0.2, -0.15) is 0 Å². The van der Waals surface area contributed by atoms with E-state index in [0.717, 1.165) is 67.4 Å². The van der Waals surface area contributed by atoms with Crippen molar-refractivity contribution < 1.29 is 4.74 Å². The van der Waals surface area contributed by atoms with Crippen LogP contribution in [0.4, 0.5) is 5.69 Å². The van der Waals surface area contributed by atoms with Gasteiger partial charge in [0.25, 0.3) is 0 Å². The first-order chi connectivity index (χ1) is 11.2. The molecule has 0 bridgehead atoms. The van der Waals surface area contributed by atoms with Crippen LogP contribution in [0, 0.1) is 6.92 Å². The van der Waals surface area contributed by atoms with Gasteiger partial charge >= 0.3 is 0 Å². The fraction of sp³-hybridized carbons (Fsp3) is 0.500. The molecule has 23 heavy (non-hydrogen) atoms. The van der Waals surface area contributed by atoms with Crippen LogP contribution in [0.5, 0.6) is 0 Å². The normalized spacial score (nSPS) is 16.0. The molecule has 0 N–H and O–H groups in total. The fourth-order valence-electron chi connectivity index (χ4n) is 3.19. The molecule has 5 heteroatoms. The lowest BCUT2D eigenvalue weighted by Gasteiger charge is -2.31. The molecule has 2 heterocycles. The first-order valence-corrected chi connectivity index (χ1v) is 8.66. The van der Waals surface area contributed by atoms with E-state index >= 15 is 0 Å². The molecule has 1 aliphatic heterocycles. The zero-order valence-corrected chi connectivity index (χ0v) is 14.6. The summed E-state index contributed by atoms with van der Waals surface area (Å²) < 4.78 is 5.42. The molecule has 0 amide bonds. The third-order valence-electron chi connectivity index (χ3n) is 4.49. The zero-order chi connectivity index (χ0) is 16.2. The van der Waals surface area contributed by atoms with Crippen LogP contribution >= 0.6 is 11.6 Å². The number of nitrogens with zero attached hydrogens (tertiary/aromatic N) is 3. The number of aryl methyl sites for hydroxylation is 1. The van der Waals surface area contributed by atoms with Gasteiger partial charge in [-0.25, -0.2) is 0 Å². The van der Waals surface area contributed by atoms with E-state index in [0.29, 0.717) is 0 Å². The summed E-state index contributed by atoms with van der Waals surface area (Å²) in [5.41, 5.74) is 3.38. The van der Waals surface area contributed by atoms with Crippen molar-refractivity contribution in [3.63, 3.8) is 0 Å². The molecule has 0 spiro atoms. The number of fused-ring (bicyclic) bond motifs is 1. The van der Waals surface area contributed by atoms with Gasteiger partial charge in [-0.3, -0.25) is 9.88 Å². The number of rotatable bonds is 5. The number of hydrogen-bond acceptors (Lipinski definition) is 4. The Morgan fingerprint density at radius 3 is 2.83 bits per heavy atom. The lowest BCUT2D eigenvalue weighted by molar-refractivity contribution is 0.0392. The van der Waals surface area contributed by atoms with E-state index in [1.54, 1.807) is 0 Å². The van der Waals surface area contributed by atoms with Gasteiger partial charge in [0, 0.05) is 55.0 Å². The second-order valence-electron chi connectivity index (χ2n) is 5.98. The third kappa shape index (κ3) is 3.77. The van der Waals surface area contributed by atoms with E-state index in [9.17, 15) is 0 Å². The molecule has 1 aromatic heterocycles. The van der Waals surface area contributed by atoms with Crippen LogP contribution in [-0.2, 0) is 4.74 Å². The van der Waals surface area contributed by atoms with E-state index in [1.807, 2.05) is 18.3 Å². The summed E-state index contributed by atoms with van der Waals surface area (Å²) in [6.45, 7) is 11.0. The molecule has 4 nitrogen and oxygen atoms in total. The number of hydrogen-bond donors (Lipinski definition) is 0. The van der Waals surface area contributed by atoms with Gasteiger partial charge in [0.2, 0.25) is 0 Å². The second-order valence-corrected chi connectivity index (χ2v) is 6.42. The topological polar surface area (TPSA) is 28.6 Å². The lowest BCUT2D eigenvalue weighted by atomic mass is 10.1. The largest absolute Gasteiger partial charge is 0.379 e. The number of benzene rings is 1. The predicted octanol–water partition coefficient (Wildman–Crippen LogP) is 3.36. The Morgan fingerprint density at radius 2 is 2.09 bits per heavy atom. The maximum atomic E-state index is 6.27. The average Bonchev–Trinajstić information content (AvgIpc) is 2.56. The van der Waals surface area contributed by atoms with Crippen molar-refractivity contribution in [2.24, 2.45) is 0 Å². The number of aromatic nitrogens is 1. The fourth-order valence-corrected chi connectivity index (χ4v) is 3.46. The summed E-state index contributed by atoms with van der Waals surface area (Å²) in [5, 5.41) is 1.91. The van der Waals surface area contributed by atoms with Crippen molar-refractivity contribution in [1.82, 2.24) is 9.88 Å². The van der Waals surface area contributed by atoms with Gasteiger partial charge in [-0.15, -0.1) is 0 Å². The van der Waals surface area contributed by atoms with Crippen LogP contribution in [0.1, 0.15) is 12.5 Å². The Balaban J connectivity index is 1.84. The number of halogens is 1. The van der Waals surface area contributed by atoms with Gasteiger partial charge in [0.1, 0.15) is 0 Å². The summed E-state index contributed by atoms with van der Waals surface area (Å²) in [6.07, 6.45) is 1.90. The minimum Gasteiger partial charge on any atom is -0.379 e. The number of morpholine rings is 1. The Kier molecular flexibility index (Phi) is 5.36. The molecule has 1 fully saturated rings. The third-order valence-corrected chi connectivity index (χ3v) is 4.71. The van der Waals surface area contributed by atoms with Gasteiger partial charge < -0.3 is 9.64 Å². The zero-order valence-electron chi connectivity index (χ0n) is 13.9. The maximum absolute atomic E-state index is 6.27. The molecule has 0 radical (unpaired) electrons. The summed E-state index contributed by atoms with van der Waals surface area (Å²) in [5.74, 6) is 0. The van der Waals surface area contributed by atoms with Crippen LogP contribution in [0.3, 0.4) is 0 Å². The molecule has 0 unspecified atom stereocenters. The molecule has 1 saturated heterocycles. The Bertz CT molecular complexity index is 671. The highest BCUT2D eigenvalue weighted by molar-refractivity contribution is 6.31. The summed E-state index contributed by atoms with van der Waals surface area (Å²) in [7, 11) is 0. The van der Waals surface area contributed by atoms with Crippen molar-refractivity contribution in [2.75, 3.05) is 50.8 Å². The van der Waals surface area contributed by atoms with Gasteiger partial charge in [-0.05, 0) is 37.6 Å². The molecule has 0 atom stereocenters. The molecule has 124 valence electrons. The molecule has 0 aliphatic carbocycles. The number of ether oxygens (including phenoxy) is 1. The average molecular weight is 334 g/mol. The van der Waals surface area contributed by atoms with Crippen molar-refractivity contribution in [2.45, 2.75) is 13.8 Å². The minimum absolute atomic E-state index is 0.772. The Hall–Kier alpha value is -1.36. The molecule has 0 saturated carbocycles. The number of pyridine rings is 1. The highest BCUT2D eigenvalue weighted by Gasteiger charge is 2.14. The summed E-state index contributed by atoms with van der Waals surface area (Å²) >= 11 is 6.27. The monoisotopic (exact) mass is 333 g/mol. The number of likely N-dealkylation sites (N-methyl/N-ethyl adjacent to an activating group) is 1. The van der Waals surface area contributed by atoms with Gasteiger partial charge in [0.05, 0.1) is 18.7 Å². The SMILES string of the molecule is CCN(CCN1CCOCC1)c1ccnc2c(C)cc(Cl)cc12. The molecular weight excluding hydrogens is 310 g/mol. The maximum Gasteiger partial charge on any atom is 0.0752 e. The number of anilines is 1. The summed E-state index contributed by atoms with van der Waals surface area (Å²) in [6, 6.07) is 6.11. The Morgan fingerprint density at radius 1 is 1.30 bits per heavy atom. The van der Waals surface area contributed by atoms with Crippen molar-refractivity contribution in [1.29, 1.82) is 0 Å². The lowest BCUT2D eigenvalue weighted by Crippen LogP contribution is -2.41. The smallest absolute Gasteiger partial charge is 0.0752 e. The van der Waals surface area contributed by atoms with E-state index in [4.69, 9.17) is 16.3 Å². The molecule has 3 rings (SSSR count). The quantitative estimate of drug-likeness (QED) is 0.839. The van der Waals surface area contributed by atoms with Crippen LogP contribution in [0.15, 0.2) is 24.4 Å². The molecule has 1 aromatic carbocycles. The van der Waals surface area contributed by atoms with Crippen LogP contribution in [-0.4, -0.2) is 55.8 Å². The Labute approximate surface area is 143 Å². The van der Waals surface area contributed by atoms with Gasteiger partial charge in [0.15, 0.2) is 0 Å². The van der Waals surface area contributed by atoms with Crippen molar-refractivity contribution in [3.8, 4) is 0 Å². The molecular formula is C18H24ClN3O. The van der Waals surface area contributed by atoms with E-state index in [1.165, 1.54) is 5.69 Å². The first-order valence-electron chi connectivity index (χ1n) is 8.29. The van der Waals surface area contributed by atoms with Gasteiger partial charge in [-0.1, -0.05) is 11.6 Å². The second kappa shape index (κ2) is 7.47. The highest BCUT2D eigenvalue weighted by Crippen LogP contribution is 2.30. The van der Waals surface area contributed by atoms with Crippen LogP contribution < -0.4 is 4.90 Å². The first kappa shape index (κ1) is 16.5. The van der Waals surface area contributed by atoms with Crippen LogP contribution in [0.25, 0.3) is 10.9 Å². The standard InChI is InChI=1S/C18H24ClN3O/c1-3-22(7-6-21-8-10-23-11-9-21)17-4-5-20-18-14(2)12-15(19)13-16(17)18/h4-5,12-13H,3,6-11H2,1-2H3. The van der Waals surface area contributed by atoms with E-state index < -0.39 is 0 Å². The molecule has 2 aromatic rings.